The predicted octanol–water partition coefficient (Wildman–Crippen LogP) is 5.05. The van der Waals surface area contributed by atoms with Gasteiger partial charge < -0.3 is 10.1 Å². The minimum Gasteiger partial charge on any atom is -0.495 e. The van der Waals surface area contributed by atoms with E-state index in [1.54, 1.807) is 60.7 Å². The number of nitrogens with one attached hydrogen (secondary N) is 1. The molecule has 1 N–H and O–H groups in total. The highest BCUT2D eigenvalue weighted by atomic mass is 35.5. The number of halogens is 1. The largest absolute Gasteiger partial charge is 0.495 e. The lowest BCUT2D eigenvalue weighted by Crippen LogP contribution is -2.35. The van der Waals surface area contributed by atoms with Crippen molar-refractivity contribution < 1.29 is 17.9 Å². The van der Waals surface area contributed by atoms with Crippen LogP contribution in [0.15, 0.2) is 65.6 Å². The number of ether oxygens (including phenoxy) is 1. The summed E-state index contributed by atoms with van der Waals surface area (Å²) in [4.78, 5) is 13.0. The van der Waals surface area contributed by atoms with E-state index in [2.05, 4.69) is 5.32 Å². The lowest BCUT2D eigenvalue weighted by molar-refractivity contribution is 0.102. The Morgan fingerprint density at radius 1 is 1.06 bits per heavy atom. The van der Waals surface area contributed by atoms with Crippen molar-refractivity contribution in [3.05, 3.63) is 82.4 Å². The number of carbonyl (C=O) groups is 1. The molecule has 1 amide bonds. The summed E-state index contributed by atoms with van der Waals surface area (Å²) in [5.74, 6) is 0.223. The molecule has 0 bridgehead atoms. The first kappa shape index (κ1) is 22.2. The Bertz CT molecular complexity index is 1270. The molecular formula is C24H23ClN2O4S. The Morgan fingerprint density at radius 2 is 1.81 bits per heavy atom. The number of hydrogen-bond acceptors (Lipinski definition) is 4. The summed E-state index contributed by atoms with van der Waals surface area (Å²) < 4.78 is 33.0. The van der Waals surface area contributed by atoms with Crippen molar-refractivity contribution in [2.75, 3.05) is 23.3 Å². The molecule has 0 aromatic heterocycles. The van der Waals surface area contributed by atoms with Gasteiger partial charge in [0.25, 0.3) is 15.9 Å². The van der Waals surface area contributed by atoms with Crippen LogP contribution in [0.2, 0.25) is 5.02 Å². The van der Waals surface area contributed by atoms with Crippen LogP contribution < -0.4 is 14.4 Å². The van der Waals surface area contributed by atoms with Gasteiger partial charge in [-0.25, -0.2) is 8.42 Å². The van der Waals surface area contributed by atoms with Gasteiger partial charge in [0.05, 0.1) is 22.7 Å². The van der Waals surface area contributed by atoms with Crippen LogP contribution in [-0.2, 0) is 16.4 Å². The molecule has 0 saturated carbocycles. The Labute approximate surface area is 192 Å². The minimum absolute atomic E-state index is 0.258. The lowest BCUT2D eigenvalue weighted by atomic mass is 10.0. The van der Waals surface area contributed by atoms with Crippen LogP contribution in [0.25, 0.3) is 0 Å². The number of rotatable bonds is 5. The maximum Gasteiger partial charge on any atom is 0.264 e. The third kappa shape index (κ3) is 4.31. The molecule has 0 atom stereocenters. The zero-order chi connectivity index (χ0) is 22.9. The van der Waals surface area contributed by atoms with Crippen LogP contribution in [-0.4, -0.2) is 28.0 Å². The fourth-order valence-corrected chi connectivity index (χ4v) is 5.54. The Kier molecular flexibility index (Phi) is 6.13. The molecule has 32 heavy (non-hydrogen) atoms. The Morgan fingerprint density at radius 3 is 2.50 bits per heavy atom. The smallest absolute Gasteiger partial charge is 0.264 e. The minimum atomic E-state index is -3.68. The monoisotopic (exact) mass is 470 g/mol. The van der Waals surface area contributed by atoms with Gasteiger partial charge in [-0.2, -0.15) is 0 Å². The molecule has 3 aromatic carbocycles. The summed E-state index contributed by atoms with van der Waals surface area (Å²) in [6.07, 6.45) is 1.38. The van der Waals surface area contributed by atoms with E-state index in [0.717, 1.165) is 11.1 Å². The third-order valence-corrected chi connectivity index (χ3v) is 7.56. The number of benzene rings is 3. The number of sulfonamides is 1. The number of fused-ring (bicyclic) bond motifs is 1. The molecule has 166 valence electrons. The summed E-state index contributed by atoms with van der Waals surface area (Å²) in [5, 5.41) is 3.21. The molecular weight excluding hydrogens is 448 g/mol. The first-order chi connectivity index (χ1) is 15.3. The number of carbonyl (C=O) groups excluding carboxylic acids is 1. The van der Waals surface area contributed by atoms with Gasteiger partial charge in [-0.05, 0) is 73.9 Å². The zero-order valence-electron chi connectivity index (χ0n) is 17.8. The van der Waals surface area contributed by atoms with Crippen molar-refractivity contribution in [1.29, 1.82) is 0 Å². The third-order valence-electron chi connectivity index (χ3n) is 5.44. The van der Waals surface area contributed by atoms with Gasteiger partial charge in [-0.15, -0.1) is 0 Å². The summed E-state index contributed by atoms with van der Waals surface area (Å²) in [6, 6.07) is 16.9. The molecule has 8 heteroatoms. The first-order valence-electron chi connectivity index (χ1n) is 10.2. The van der Waals surface area contributed by atoms with E-state index in [1.165, 1.54) is 11.4 Å². The molecule has 0 unspecified atom stereocenters. The Balaban J connectivity index is 1.60. The highest BCUT2D eigenvalue weighted by Gasteiger charge is 2.29. The van der Waals surface area contributed by atoms with Gasteiger partial charge >= 0.3 is 0 Å². The van der Waals surface area contributed by atoms with Gasteiger partial charge in [0.1, 0.15) is 5.75 Å². The van der Waals surface area contributed by atoms with E-state index in [-0.39, 0.29) is 10.8 Å². The molecule has 0 radical (unpaired) electrons. The van der Waals surface area contributed by atoms with Gasteiger partial charge in [0, 0.05) is 17.8 Å². The molecule has 1 aliphatic heterocycles. The van der Waals surface area contributed by atoms with Gasteiger partial charge in [-0.3, -0.25) is 9.10 Å². The van der Waals surface area contributed by atoms with Crippen LogP contribution in [0.5, 0.6) is 5.75 Å². The number of aryl methyl sites for hydroxylation is 2. The van der Waals surface area contributed by atoms with Gasteiger partial charge in [-0.1, -0.05) is 29.3 Å². The fourth-order valence-electron chi connectivity index (χ4n) is 3.74. The quantitative estimate of drug-likeness (QED) is 0.566. The number of amides is 1. The molecule has 0 aliphatic carbocycles. The van der Waals surface area contributed by atoms with Crippen molar-refractivity contribution in [3.63, 3.8) is 0 Å². The van der Waals surface area contributed by atoms with E-state index in [0.29, 0.717) is 47.1 Å². The number of nitrogens with zero attached hydrogens (tertiary/aromatic N) is 1. The summed E-state index contributed by atoms with van der Waals surface area (Å²) in [5.41, 5.74) is 3.43. The molecule has 1 aliphatic rings. The molecule has 3 aromatic rings. The average molecular weight is 471 g/mol. The van der Waals surface area contributed by atoms with Crippen molar-refractivity contribution in [3.8, 4) is 5.75 Å². The Hall–Kier alpha value is -3.03. The van der Waals surface area contributed by atoms with Crippen LogP contribution >= 0.6 is 11.6 Å². The number of methoxy groups -OCH3 is 1. The average Bonchev–Trinajstić information content (AvgIpc) is 2.78. The zero-order valence-corrected chi connectivity index (χ0v) is 19.3. The first-order valence-corrected chi connectivity index (χ1v) is 12.0. The SMILES string of the molecule is COc1ccc(NC(=O)c2ccc3c(c2)CCCN3S(=O)(=O)c2ccc(C)cc2)cc1Cl. The van der Waals surface area contributed by atoms with E-state index >= 15 is 0 Å². The predicted molar refractivity (Wildman–Crippen MR) is 126 cm³/mol. The van der Waals surface area contributed by atoms with Crippen molar-refractivity contribution in [2.45, 2.75) is 24.7 Å². The molecule has 4 rings (SSSR count). The van der Waals surface area contributed by atoms with Crippen molar-refractivity contribution >= 4 is 38.9 Å². The maximum absolute atomic E-state index is 13.2. The van der Waals surface area contributed by atoms with Crippen molar-refractivity contribution in [2.24, 2.45) is 0 Å². The van der Waals surface area contributed by atoms with E-state index in [9.17, 15) is 13.2 Å². The highest BCUT2D eigenvalue weighted by molar-refractivity contribution is 7.92. The summed E-state index contributed by atoms with van der Waals surface area (Å²) >= 11 is 6.13. The van der Waals surface area contributed by atoms with Crippen LogP contribution in [0.1, 0.15) is 27.9 Å². The second kappa shape index (κ2) is 8.84. The van der Waals surface area contributed by atoms with Crippen LogP contribution in [0.4, 0.5) is 11.4 Å². The standard InChI is InChI=1S/C24H23ClN2O4S/c1-16-5-9-20(10-6-16)32(29,30)27-13-3-4-17-14-18(7-11-22(17)27)24(28)26-19-8-12-23(31-2)21(25)15-19/h5-12,14-15H,3-4,13H2,1-2H3,(H,26,28). The molecule has 0 spiro atoms. The van der Waals surface area contributed by atoms with E-state index in [1.807, 2.05) is 6.92 Å². The topological polar surface area (TPSA) is 75.7 Å². The maximum atomic E-state index is 13.2. The second-order valence-electron chi connectivity index (χ2n) is 7.64. The van der Waals surface area contributed by atoms with Gasteiger partial charge in [0.2, 0.25) is 0 Å². The molecule has 0 fully saturated rings. The fraction of sp³-hybridized carbons (Fsp3) is 0.208. The van der Waals surface area contributed by atoms with Crippen molar-refractivity contribution in [1.82, 2.24) is 0 Å². The van der Waals surface area contributed by atoms with Gasteiger partial charge in [0.15, 0.2) is 0 Å². The number of hydrogen-bond donors (Lipinski definition) is 1. The van der Waals surface area contributed by atoms with Crippen LogP contribution in [0, 0.1) is 6.92 Å². The summed E-state index contributed by atoms with van der Waals surface area (Å²) in [7, 11) is -2.16. The summed E-state index contributed by atoms with van der Waals surface area (Å²) in [6.45, 7) is 2.32. The molecule has 6 nitrogen and oxygen atoms in total. The highest BCUT2D eigenvalue weighted by Crippen LogP contribution is 2.33. The van der Waals surface area contributed by atoms with E-state index in [4.69, 9.17) is 16.3 Å². The number of anilines is 2. The molecule has 1 heterocycles. The lowest BCUT2D eigenvalue weighted by Gasteiger charge is -2.30. The van der Waals surface area contributed by atoms with E-state index < -0.39 is 10.0 Å². The second-order valence-corrected chi connectivity index (χ2v) is 9.91. The van der Waals surface area contributed by atoms with Crippen LogP contribution in [0.3, 0.4) is 0 Å². The normalized spacial score (nSPS) is 13.4. The molecule has 0 saturated heterocycles.